The van der Waals surface area contributed by atoms with Crippen LogP contribution in [0.5, 0.6) is 0 Å². The van der Waals surface area contributed by atoms with Gasteiger partial charge in [-0.1, -0.05) is 36.9 Å². The fourth-order valence-corrected chi connectivity index (χ4v) is 3.26. The van der Waals surface area contributed by atoms with Crippen LogP contribution in [0.15, 0.2) is 29.3 Å². The zero-order valence-corrected chi connectivity index (χ0v) is 13.8. The van der Waals surface area contributed by atoms with E-state index in [0.717, 1.165) is 34.7 Å². The van der Waals surface area contributed by atoms with Gasteiger partial charge in [0, 0.05) is 17.8 Å². The van der Waals surface area contributed by atoms with Crippen molar-refractivity contribution >= 4 is 28.6 Å². The SMILES string of the molecule is CCCNC(=O)C(C)Sc1nc(C2CC2)nc2ccccc12. The quantitative estimate of drug-likeness (QED) is 0.654. The zero-order valence-electron chi connectivity index (χ0n) is 13.0. The average Bonchev–Trinajstić information content (AvgIpc) is 3.37. The van der Waals surface area contributed by atoms with E-state index in [4.69, 9.17) is 4.98 Å². The summed E-state index contributed by atoms with van der Waals surface area (Å²) in [7, 11) is 0. The lowest BCUT2D eigenvalue weighted by atomic mass is 10.2. The number of hydrogen-bond acceptors (Lipinski definition) is 4. The van der Waals surface area contributed by atoms with Crippen molar-refractivity contribution in [3.05, 3.63) is 30.1 Å². The van der Waals surface area contributed by atoms with E-state index in [9.17, 15) is 4.79 Å². The van der Waals surface area contributed by atoms with Gasteiger partial charge in [-0.3, -0.25) is 4.79 Å². The molecule has 0 aliphatic heterocycles. The lowest BCUT2D eigenvalue weighted by Gasteiger charge is -2.13. The third-order valence-corrected chi connectivity index (χ3v) is 4.84. The number of fused-ring (bicyclic) bond motifs is 1. The summed E-state index contributed by atoms with van der Waals surface area (Å²) < 4.78 is 0. The molecule has 1 aliphatic rings. The minimum Gasteiger partial charge on any atom is -0.355 e. The van der Waals surface area contributed by atoms with Crippen molar-refractivity contribution in [3.8, 4) is 0 Å². The van der Waals surface area contributed by atoms with Crippen molar-refractivity contribution in [3.63, 3.8) is 0 Å². The molecule has 0 spiro atoms. The van der Waals surface area contributed by atoms with Crippen LogP contribution in [-0.2, 0) is 4.79 Å². The molecule has 5 heteroatoms. The van der Waals surface area contributed by atoms with Crippen molar-refractivity contribution in [2.75, 3.05) is 6.54 Å². The lowest BCUT2D eigenvalue weighted by Crippen LogP contribution is -2.31. The summed E-state index contributed by atoms with van der Waals surface area (Å²) in [6, 6.07) is 8.05. The largest absolute Gasteiger partial charge is 0.355 e. The first-order valence-electron chi connectivity index (χ1n) is 7.90. The minimum absolute atomic E-state index is 0.0718. The molecule has 116 valence electrons. The van der Waals surface area contributed by atoms with Crippen molar-refractivity contribution < 1.29 is 4.79 Å². The Bertz CT molecular complexity index is 685. The molecule has 2 aromatic rings. The molecule has 1 heterocycles. The second-order valence-corrected chi connectivity index (χ2v) is 7.06. The van der Waals surface area contributed by atoms with Gasteiger partial charge in [0.1, 0.15) is 10.9 Å². The number of thioether (sulfide) groups is 1. The van der Waals surface area contributed by atoms with Crippen LogP contribution in [0.3, 0.4) is 0 Å². The monoisotopic (exact) mass is 315 g/mol. The highest BCUT2D eigenvalue weighted by Crippen LogP contribution is 2.40. The van der Waals surface area contributed by atoms with Crippen LogP contribution in [0, 0.1) is 0 Å². The molecule has 1 unspecified atom stereocenters. The Morgan fingerprint density at radius 3 is 2.86 bits per heavy atom. The number of benzene rings is 1. The van der Waals surface area contributed by atoms with E-state index in [1.54, 1.807) is 0 Å². The van der Waals surface area contributed by atoms with Gasteiger partial charge in [0.05, 0.1) is 10.8 Å². The predicted molar refractivity (Wildman–Crippen MR) is 90.1 cm³/mol. The van der Waals surface area contributed by atoms with Gasteiger partial charge in [-0.15, -0.1) is 0 Å². The maximum atomic E-state index is 12.1. The molecule has 1 aliphatic carbocycles. The van der Waals surface area contributed by atoms with E-state index in [2.05, 4.69) is 17.2 Å². The van der Waals surface area contributed by atoms with Crippen LogP contribution in [0.4, 0.5) is 0 Å². The Balaban J connectivity index is 1.86. The fraction of sp³-hybridized carbons (Fsp3) is 0.471. The van der Waals surface area contributed by atoms with Gasteiger partial charge in [0.25, 0.3) is 0 Å². The number of nitrogens with one attached hydrogen (secondary N) is 1. The van der Waals surface area contributed by atoms with E-state index >= 15 is 0 Å². The summed E-state index contributed by atoms with van der Waals surface area (Å²) in [6.45, 7) is 4.71. The van der Waals surface area contributed by atoms with Gasteiger partial charge in [0.15, 0.2) is 0 Å². The van der Waals surface area contributed by atoms with E-state index in [1.165, 1.54) is 24.6 Å². The molecule has 1 fully saturated rings. The topological polar surface area (TPSA) is 54.9 Å². The van der Waals surface area contributed by atoms with Crippen molar-refractivity contribution in [2.45, 2.75) is 49.3 Å². The van der Waals surface area contributed by atoms with Gasteiger partial charge < -0.3 is 5.32 Å². The van der Waals surface area contributed by atoms with Crippen LogP contribution in [0.2, 0.25) is 0 Å². The number of carbonyl (C=O) groups excluding carboxylic acids is 1. The van der Waals surface area contributed by atoms with E-state index in [0.29, 0.717) is 5.92 Å². The minimum atomic E-state index is -0.156. The highest BCUT2D eigenvalue weighted by atomic mass is 32.2. The Hall–Kier alpha value is -1.62. The van der Waals surface area contributed by atoms with E-state index < -0.39 is 0 Å². The van der Waals surface area contributed by atoms with Gasteiger partial charge in [-0.05, 0) is 32.3 Å². The molecule has 22 heavy (non-hydrogen) atoms. The van der Waals surface area contributed by atoms with Gasteiger partial charge in [-0.25, -0.2) is 9.97 Å². The maximum absolute atomic E-state index is 12.1. The van der Waals surface area contributed by atoms with Crippen LogP contribution < -0.4 is 5.32 Å². The lowest BCUT2D eigenvalue weighted by molar-refractivity contribution is -0.120. The highest BCUT2D eigenvalue weighted by Gasteiger charge is 2.28. The molecule has 0 bridgehead atoms. The highest BCUT2D eigenvalue weighted by molar-refractivity contribution is 8.00. The first-order chi connectivity index (χ1) is 10.7. The van der Waals surface area contributed by atoms with Gasteiger partial charge in [0.2, 0.25) is 5.91 Å². The predicted octanol–water partition coefficient (Wildman–Crippen LogP) is 3.51. The van der Waals surface area contributed by atoms with Gasteiger partial charge >= 0.3 is 0 Å². The molecular formula is C17H21N3OS. The summed E-state index contributed by atoms with van der Waals surface area (Å²) in [5, 5.41) is 4.75. The molecule has 0 saturated heterocycles. The average molecular weight is 315 g/mol. The smallest absolute Gasteiger partial charge is 0.233 e. The molecule has 1 atom stereocenters. The molecular weight excluding hydrogens is 294 g/mol. The number of amides is 1. The second-order valence-electron chi connectivity index (χ2n) is 5.73. The number of aromatic nitrogens is 2. The first kappa shape index (κ1) is 15.3. The zero-order chi connectivity index (χ0) is 15.5. The van der Waals surface area contributed by atoms with Crippen LogP contribution in [0.1, 0.15) is 44.9 Å². The van der Waals surface area contributed by atoms with Crippen LogP contribution >= 0.6 is 11.8 Å². The van der Waals surface area contributed by atoms with Crippen molar-refractivity contribution in [1.29, 1.82) is 0 Å². The molecule has 3 rings (SSSR count). The van der Waals surface area contributed by atoms with Gasteiger partial charge in [-0.2, -0.15) is 0 Å². The summed E-state index contributed by atoms with van der Waals surface area (Å²) in [5.74, 6) is 1.51. The van der Waals surface area contributed by atoms with E-state index in [-0.39, 0.29) is 11.2 Å². The first-order valence-corrected chi connectivity index (χ1v) is 8.78. The number of rotatable bonds is 6. The maximum Gasteiger partial charge on any atom is 0.233 e. The Labute approximate surface area is 135 Å². The normalized spacial score (nSPS) is 15.7. The molecule has 1 amide bonds. The third kappa shape index (κ3) is 3.40. The fourth-order valence-electron chi connectivity index (χ4n) is 2.29. The van der Waals surface area contributed by atoms with Crippen molar-refractivity contribution in [2.24, 2.45) is 0 Å². The number of hydrogen-bond donors (Lipinski definition) is 1. The number of para-hydroxylation sites is 1. The number of carbonyl (C=O) groups is 1. The summed E-state index contributed by atoms with van der Waals surface area (Å²) >= 11 is 1.53. The standard InChI is InChI=1S/C17H21N3OS/c1-3-10-18-16(21)11(2)22-17-13-6-4-5-7-14(13)19-15(20-17)12-8-9-12/h4-7,11-12H,3,8-10H2,1-2H3,(H,18,21). The Morgan fingerprint density at radius 1 is 1.36 bits per heavy atom. The second kappa shape index (κ2) is 6.65. The molecule has 1 aromatic heterocycles. The molecule has 1 N–H and O–H groups in total. The third-order valence-electron chi connectivity index (χ3n) is 3.73. The summed E-state index contributed by atoms with van der Waals surface area (Å²) in [6.07, 6.45) is 3.30. The van der Waals surface area contributed by atoms with Crippen molar-refractivity contribution in [1.82, 2.24) is 15.3 Å². The Morgan fingerprint density at radius 2 is 2.14 bits per heavy atom. The Kier molecular flexibility index (Phi) is 4.62. The van der Waals surface area contributed by atoms with E-state index in [1.807, 2.05) is 31.2 Å². The molecule has 1 aromatic carbocycles. The molecule has 0 radical (unpaired) electrons. The summed E-state index contributed by atoms with van der Waals surface area (Å²) in [5.41, 5.74) is 0.975. The summed E-state index contributed by atoms with van der Waals surface area (Å²) in [4.78, 5) is 21.5. The van der Waals surface area contributed by atoms with Crippen LogP contribution in [-0.4, -0.2) is 27.7 Å². The molecule has 1 saturated carbocycles. The number of nitrogens with zero attached hydrogens (tertiary/aromatic N) is 2. The van der Waals surface area contributed by atoms with Crippen LogP contribution in [0.25, 0.3) is 10.9 Å². The molecule has 4 nitrogen and oxygen atoms in total.